The molecule has 1 aliphatic rings. The number of aryl methyl sites for hydroxylation is 1. The number of carbonyl (C=O) groups excluding carboxylic acids is 3. The molecule has 3 aromatic carbocycles. The van der Waals surface area contributed by atoms with E-state index < -0.39 is 45.7 Å². The molecule has 336 valence electrons. The molecule has 0 bridgehead atoms. The van der Waals surface area contributed by atoms with Gasteiger partial charge in [0.2, 0.25) is 0 Å². The van der Waals surface area contributed by atoms with Crippen LogP contribution in [0.15, 0.2) is 54.6 Å². The zero-order valence-corrected chi connectivity index (χ0v) is 40.3. The normalized spacial score (nSPS) is 17.3. The Balaban J connectivity index is 1.76. The topological polar surface area (TPSA) is 123 Å². The van der Waals surface area contributed by atoms with Gasteiger partial charge in [0.25, 0.3) is 5.79 Å². The van der Waals surface area contributed by atoms with Gasteiger partial charge >= 0.3 is 17.9 Å². The standard InChI is InChI=1S/C52H75NO8/c1-18-41(54)59-40(35-28-38(48(8,9)10)44(57)39(29-35)49(11,12)13)30-53-50(14,15)31-52(32-51(53,16)17,61-45(58)34-22-20-19-21-23-34)60-42(55)25-24-33-26-36(46(2,3)4)43(56)37(27-33)47(5,6)7/h19-23,26-29,40,56-57H,18,24-25,30-32H2,1-17H3. The second-order valence-corrected chi connectivity index (χ2v) is 22.6. The van der Waals surface area contributed by atoms with Gasteiger partial charge in [-0.05, 0) is 113 Å². The number of esters is 3. The van der Waals surface area contributed by atoms with Gasteiger partial charge in [0.05, 0.1) is 5.56 Å². The van der Waals surface area contributed by atoms with Crippen LogP contribution in [0.25, 0.3) is 0 Å². The van der Waals surface area contributed by atoms with Gasteiger partial charge in [0.15, 0.2) is 0 Å². The number of benzene rings is 3. The second kappa shape index (κ2) is 17.4. The predicted octanol–water partition coefficient (Wildman–Crippen LogP) is 11.7. The summed E-state index contributed by atoms with van der Waals surface area (Å²) in [5, 5.41) is 22.9. The van der Waals surface area contributed by atoms with Gasteiger partial charge in [0, 0.05) is 43.3 Å². The lowest BCUT2D eigenvalue weighted by Crippen LogP contribution is -2.67. The predicted molar refractivity (Wildman–Crippen MR) is 243 cm³/mol. The van der Waals surface area contributed by atoms with Crippen LogP contribution in [0, 0.1) is 0 Å². The summed E-state index contributed by atoms with van der Waals surface area (Å²) < 4.78 is 19.1. The molecule has 9 heteroatoms. The van der Waals surface area contributed by atoms with Gasteiger partial charge in [-0.25, -0.2) is 4.79 Å². The fourth-order valence-electron chi connectivity index (χ4n) is 8.94. The minimum Gasteiger partial charge on any atom is -0.507 e. The van der Waals surface area contributed by atoms with Gasteiger partial charge < -0.3 is 24.4 Å². The minimum absolute atomic E-state index is 0.0231. The lowest BCUT2D eigenvalue weighted by molar-refractivity contribution is -0.260. The van der Waals surface area contributed by atoms with E-state index in [1.54, 1.807) is 31.2 Å². The van der Waals surface area contributed by atoms with E-state index in [-0.39, 0.29) is 60.5 Å². The number of aromatic hydroxyl groups is 2. The highest BCUT2D eigenvalue weighted by Crippen LogP contribution is 2.49. The van der Waals surface area contributed by atoms with Gasteiger partial charge in [-0.1, -0.05) is 120 Å². The van der Waals surface area contributed by atoms with Gasteiger partial charge in [-0.3, -0.25) is 14.5 Å². The van der Waals surface area contributed by atoms with E-state index in [0.29, 0.717) is 12.0 Å². The molecule has 0 amide bonds. The number of nitrogens with zero attached hydrogens (tertiary/aromatic N) is 1. The zero-order chi connectivity index (χ0) is 46.3. The Bertz CT molecular complexity index is 1980. The summed E-state index contributed by atoms with van der Waals surface area (Å²) in [5.41, 5.74) is 2.16. The molecule has 4 rings (SSSR count). The number of rotatable bonds is 11. The summed E-state index contributed by atoms with van der Waals surface area (Å²) in [6.45, 7) is 34.8. The summed E-state index contributed by atoms with van der Waals surface area (Å²) >= 11 is 0. The number of carbonyl (C=O) groups is 3. The highest BCUT2D eigenvalue weighted by Gasteiger charge is 2.57. The third-order valence-corrected chi connectivity index (χ3v) is 11.9. The van der Waals surface area contributed by atoms with Gasteiger partial charge in [-0.2, -0.15) is 0 Å². The largest absolute Gasteiger partial charge is 0.507 e. The minimum atomic E-state index is -1.64. The highest BCUT2D eigenvalue weighted by molar-refractivity contribution is 5.89. The van der Waals surface area contributed by atoms with E-state index in [9.17, 15) is 24.6 Å². The van der Waals surface area contributed by atoms with Crippen LogP contribution in [-0.2, 0) is 51.9 Å². The fraction of sp³-hybridized carbons (Fsp3) is 0.596. The summed E-state index contributed by atoms with van der Waals surface area (Å²) in [6.07, 6.45) is 0.135. The van der Waals surface area contributed by atoms with Crippen LogP contribution >= 0.6 is 0 Å². The van der Waals surface area contributed by atoms with Crippen LogP contribution in [-0.4, -0.2) is 56.4 Å². The molecule has 1 fully saturated rings. The van der Waals surface area contributed by atoms with Crippen molar-refractivity contribution in [2.75, 3.05) is 6.54 Å². The van der Waals surface area contributed by atoms with Crippen molar-refractivity contribution in [3.8, 4) is 11.5 Å². The van der Waals surface area contributed by atoms with Crippen molar-refractivity contribution in [3.63, 3.8) is 0 Å². The van der Waals surface area contributed by atoms with Crippen LogP contribution in [0.5, 0.6) is 11.5 Å². The van der Waals surface area contributed by atoms with E-state index in [2.05, 4.69) is 88.0 Å². The molecule has 9 nitrogen and oxygen atoms in total. The third-order valence-electron chi connectivity index (χ3n) is 11.9. The van der Waals surface area contributed by atoms with E-state index >= 15 is 0 Å². The van der Waals surface area contributed by atoms with Crippen LogP contribution in [0.4, 0.5) is 0 Å². The Morgan fingerprint density at radius 3 is 1.49 bits per heavy atom. The summed E-state index contributed by atoms with van der Waals surface area (Å²) in [7, 11) is 0. The van der Waals surface area contributed by atoms with Gasteiger partial charge in [0.1, 0.15) is 17.6 Å². The molecule has 0 aliphatic carbocycles. The van der Waals surface area contributed by atoms with Crippen LogP contribution in [0.2, 0.25) is 0 Å². The maximum Gasteiger partial charge on any atom is 0.341 e. The Labute approximate surface area is 366 Å². The third kappa shape index (κ3) is 11.8. The first-order valence-electron chi connectivity index (χ1n) is 21.9. The molecule has 61 heavy (non-hydrogen) atoms. The van der Waals surface area contributed by atoms with Crippen molar-refractivity contribution in [1.29, 1.82) is 0 Å². The van der Waals surface area contributed by atoms with E-state index in [1.165, 1.54) is 0 Å². The SMILES string of the molecule is CCC(=O)OC(CN1C(C)(C)CC(OC(=O)CCc2cc(C(C)(C)C)c(O)c(C(C)(C)C)c2)(OC(=O)c2ccccc2)CC1(C)C)c1cc(C(C)(C)C)c(O)c(C(C)(C)C)c1. The number of piperidine rings is 1. The number of hydrogen-bond donors (Lipinski definition) is 2. The number of phenolic OH excluding ortho intramolecular Hbond substituents is 2. The Morgan fingerprint density at radius 1 is 0.656 bits per heavy atom. The number of ether oxygens (including phenoxy) is 3. The average Bonchev–Trinajstić information content (AvgIpc) is 3.10. The quantitative estimate of drug-likeness (QED) is 0.143. The summed E-state index contributed by atoms with van der Waals surface area (Å²) in [4.78, 5) is 43.5. The molecule has 0 saturated carbocycles. The molecule has 1 saturated heterocycles. The monoisotopic (exact) mass is 842 g/mol. The van der Waals surface area contributed by atoms with E-state index in [4.69, 9.17) is 14.2 Å². The lowest BCUT2D eigenvalue weighted by atomic mass is 9.75. The first-order chi connectivity index (χ1) is 27.7. The maximum absolute atomic E-state index is 14.2. The lowest BCUT2D eigenvalue weighted by Gasteiger charge is -2.58. The molecule has 1 atom stereocenters. The van der Waals surface area contributed by atoms with Crippen molar-refractivity contribution in [1.82, 2.24) is 4.90 Å². The Morgan fingerprint density at radius 2 is 1.08 bits per heavy atom. The first kappa shape index (κ1) is 49.3. The van der Waals surface area contributed by atoms with Crippen LogP contribution < -0.4 is 0 Å². The fourth-order valence-corrected chi connectivity index (χ4v) is 8.94. The van der Waals surface area contributed by atoms with Crippen LogP contribution in [0.1, 0.15) is 193 Å². The van der Waals surface area contributed by atoms with Crippen molar-refractivity contribution in [2.45, 2.75) is 194 Å². The maximum atomic E-state index is 14.2. The Hall–Kier alpha value is -4.37. The second-order valence-electron chi connectivity index (χ2n) is 22.6. The molecular formula is C52H75NO8. The molecule has 0 radical (unpaired) electrons. The average molecular weight is 842 g/mol. The molecule has 0 aromatic heterocycles. The molecule has 1 aliphatic heterocycles. The smallest absolute Gasteiger partial charge is 0.341 e. The number of hydrogen-bond acceptors (Lipinski definition) is 9. The van der Waals surface area contributed by atoms with E-state index in [1.807, 2.05) is 58.0 Å². The highest BCUT2D eigenvalue weighted by atomic mass is 16.7. The molecule has 3 aromatic rings. The molecule has 1 heterocycles. The summed E-state index contributed by atoms with van der Waals surface area (Å²) in [5.74, 6) is -2.58. The number of likely N-dealkylation sites (tertiary alicyclic amines) is 1. The molecule has 1 unspecified atom stereocenters. The zero-order valence-electron chi connectivity index (χ0n) is 40.3. The molecule has 0 spiro atoms. The van der Waals surface area contributed by atoms with Crippen molar-refractivity contribution < 1.29 is 38.8 Å². The molecule has 2 N–H and O–H groups in total. The Kier molecular flexibility index (Phi) is 14.1. The van der Waals surface area contributed by atoms with Crippen molar-refractivity contribution >= 4 is 17.9 Å². The van der Waals surface area contributed by atoms with Gasteiger partial charge in [-0.15, -0.1) is 0 Å². The number of phenols is 2. The van der Waals surface area contributed by atoms with Crippen molar-refractivity contribution in [3.05, 3.63) is 93.5 Å². The van der Waals surface area contributed by atoms with Crippen LogP contribution in [0.3, 0.4) is 0 Å². The first-order valence-corrected chi connectivity index (χ1v) is 21.9. The molecular weight excluding hydrogens is 767 g/mol. The van der Waals surface area contributed by atoms with Crippen molar-refractivity contribution in [2.24, 2.45) is 0 Å². The summed E-state index contributed by atoms with van der Waals surface area (Å²) in [6, 6.07) is 16.6. The van der Waals surface area contributed by atoms with E-state index in [0.717, 1.165) is 33.4 Å².